The quantitative estimate of drug-likeness (QED) is 0.781. The van der Waals surface area contributed by atoms with Gasteiger partial charge in [0.25, 0.3) is 0 Å². The first-order valence-electron chi connectivity index (χ1n) is 5.49. The van der Waals surface area contributed by atoms with Gasteiger partial charge in [-0.05, 0) is 20.3 Å². The second-order valence-corrected chi connectivity index (χ2v) is 4.11. The molecule has 0 unspecified atom stereocenters. The first kappa shape index (κ1) is 12.7. The van der Waals surface area contributed by atoms with Crippen molar-refractivity contribution >= 4 is 5.91 Å². The number of hydrogen-bond donors (Lipinski definition) is 1. The highest BCUT2D eigenvalue weighted by Crippen LogP contribution is 2.12. The molecule has 0 aromatic carbocycles. The lowest BCUT2D eigenvalue weighted by Crippen LogP contribution is -2.38. The topological polar surface area (TPSA) is 72.4 Å². The van der Waals surface area contributed by atoms with Gasteiger partial charge in [0, 0.05) is 18.2 Å². The van der Waals surface area contributed by atoms with Gasteiger partial charge < -0.3 is 10.3 Å². The normalized spacial score (nSPS) is 11.3. The molecule has 0 atom stereocenters. The van der Waals surface area contributed by atoms with Crippen molar-refractivity contribution < 1.29 is 9.32 Å². The van der Waals surface area contributed by atoms with Gasteiger partial charge in [0.15, 0.2) is 0 Å². The zero-order chi connectivity index (χ0) is 12.1. The summed E-state index contributed by atoms with van der Waals surface area (Å²) in [5, 5.41) is 3.91. The maximum absolute atomic E-state index is 10.9. The minimum absolute atomic E-state index is 0.256. The molecule has 0 aliphatic carbocycles. The van der Waals surface area contributed by atoms with Crippen LogP contribution >= 0.6 is 0 Å². The van der Waals surface area contributed by atoms with E-state index in [1.165, 1.54) is 0 Å². The van der Waals surface area contributed by atoms with Crippen molar-refractivity contribution in [2.45, 2.75) is 39.8 Å². The van der Waals surface area contributed by atoms with Gasteiger partial charge in [0.05, 0.1) is 12.2 Å². The van der Waals surface area contributed by atoms with Crippen molar-refractivity contribution in [1.82, 2.24) is 10.1 Å². The molecule has 1 amide bonds. The molecule has 1 rings (SSSR count). The Morgan fingerprint density at radius 1 is 1.62 bits per heavy atom. The smallest absolute Gasteiger partial charge is 0.231 e. The Morgan fingerprint density at radius 2 is 2.31 bits per heavy atom. The average Bonchev–Trinajstić information content (AvgIpc) is 2.63. The zero-order valence-corrected chi connectivity index (χ0v) is 10.1. The first-order chi connectivity index (χ1) is 7.54. The molecule has 5 nitrogen and oxygen atoms in total. The van der Waals surface area contributed by atoms with Crippen LogP contribution in [-0.4, -0.2) is 28.6 Å². The second-order valence-electron chi connectivity index (χ2n) is 4.11. The van der Waals surface area contributed by atoms with Gasteiger partial charge in [-0.3, -0.25) is 9.69 Å². The summed E-state index contributed by atoms with van der Waals surface area (Å²) >= 11 is 0. The molecule has 0 fully saturated rings. The Kier molecular flexibility index (Phi) is 4.49. The molecule has 0 spiro atoms. The number of carbonyl (C=O) groups excluding carboxylic acids is 1. The Labute approximate surface area is 95.6 Å². The molecule has 5 heteroatoms. The monoisotopic (exact) mass is 225 g/mol. The lowest BCUT2D eigenvalue weighted by molar-refractivity contribution is -0.119. The third kappa shape index (κ3) is 3.34. The average molecular weight is 225 g/mol. The maximum atomic E-state index is 10.9. The van der Waals surface area contributed by atoms with Gasteiger partial charge in [-0.25, -0.2) is 0 Å². The van der Waals surface area contributed by atoms with Crippen molar-refractivity contribution in [3.63, 3.8) is 0 Å². The molecule has 0 bridgehead atoms. The van der Waals surface area contributed by atoms with Crippen molar-refractivity contribution in [3.8, 4) is 0 Å². The molecular formula is C11H19N3O2. The number of nitrogens with two attached hydrogens (primary N) is 1. The summed E-state index contributed by atoms with van der Waals surface area (Å²) in [6, 6.07) is 0.257. The molecule has 0 aliphatic heterocycles. The van der Waals surface area contributed by atoms with E-state index in [-0.39, 0.29) is 18.5 Å². The minimum Gasteiger partial charge on any atom is -0.369 e. The van der Waals surface area contributed by atoms with E-state index < -0.39 is 0 Å². The van der Waals surface area contributed by atoms with Gasteiger partial charge in [-0.2, -0.15) is 0 Å². The fourth-order valence-electron chi connectivity index (χ4n) is 1.54. The third-order valence-electron chi connectivity index (χ3n) is 2.53. The van der Waals surface area contributed by atoms with E-state index in [0.717, 1.165) is 17.7 Å². The summed E-state index contributed by atoms with van der Waals surface area (Å²) in [6.07, 6.45) is 2.46. The Morgan fingerprint density at radius 3 is 2.81 bits per heavy atom. The zero-order valence-electron chi connectivity index (χ0n) is 10.1. The van der Waals surface area contributed by atoms with Crippen LogP contribution < -0.4 is 5.73 Å². The highest BCUT2D eigenvalue weighted by Gasteiger charge is 2.16. The van der Waals surface area contributed by atoms with Crippen LogP contribution in [0.2, 0.25) is 0 Å². The van der Waals surface area contributed by atoms with Crippen molar-refractivity contribution in [3.05, 3.63) is 17.5 Å². The first-order valence-corrected chi connectivity index (χ1v) is 5.49. The van der Waals surface area contributed by atoms with Crippen molar-refractivity contribution in [1.29, 1.82) is 0 Å². The van der Waals surface area contributed by atoms with Gasteiger partial charge in [0.1, 0.15) is 6.26 Å². The van der Waals surface area contributed by atoms with E-state index in [2.05, 4.69) is 5.16 Å². The van der Waals surface area contributed by atoms with Crippen molar-refractivity contribution in [2.75, 3.05) is 6.54 Å². The van der Waals surface area contributed by atoms with Crippen LogP contribution in [0.4, 0.5) is 0 Å². The summed E-state index contributed by atoms with van der Waals surface area (Å²) in [6.45, 7) is 6.98. The maximum Gasteiger partial charge on any atom is 0.231 e. The Bertz CT molecular complexity index is 347. The highest BCUT2D eigenvalue weighted by atomic mass is 16.5. The lowest BCUT2D eigenvalue weighted by atomic mass is 10.2. The molecule has 2 N–H and O–H groups in total. The van der Waals surface area contributed by atoms with E-state index in [4.69, 9.17) is 10.3 Å². The molecule has 1 aromatic rings. The van der Waals surface area contributed by atoms with Crippen LogP contribution in [0.25, 0.3) is 0 Å². The number of nitrogens with zero attached hydrogens (tertiary/aromatic N) is 2. The van der Waals surface area contributed by atoms with Crippen LogP contribution in [0.5, 0.6) is 0 Å². The van der Waals surface area contributed by atoms with E-state index in [1.807, 2.05) is 25.7 Å². The molecule has 0 radical (unpaired) electrons. The molecule has 0 saturated carbocycles. The Balaban J connectivity index is 2.71. The number of aromatic nitrogens is 1. The SMILES string of the molecule is CCc1nocc1CN(CC(N)=O)C(C)C. The number of aryl methyl sites for hydroxylation is 1. The number of primary amides is 1. The summed E-state index contributed by atoms with van der Waals surface area (Å²) < 4.78 is 4.93. The molecule has 16 heavy (non-hydrogen) atoms. The number of amides is 1. The highest BCUT2D eigenvalue weighted by molar-refractivity contribution is 5.75. The molecule has 90 valence electrons. The fourth-order valence-corrected chi connectivity index (χ4v) is 1.54. The number of carbonyl (C=O) groups is 1. The van der Waals surface area contributed by atoms with E-state index in [9.17, 15) is 4.79 Å². The predicted molar refractivity (Wildman–Crippen MR) is 60.6 cm³/mol. The van der Waals surface area contributed by atoms with Gasteiger partial charge in [-0.15, -0.1) is 0 Å². The van der Waals surface area contributed by atoms with Gasteiger partial charge in [0.2, 0.25) is 5.91 Å². The van der Waals surface area contributed by atoms with Crippen LogP contribution in [0.3, 0.4) is 0 Å². The van der Waals surface area contributed by atoms with Crippen LogP contribution in [0.1, 0.15) is 32.0 Å². The van der Waals surface area contributed by atoms with E-state index in [0.29, 0.717) is 6.54 Å². The van der Waals surface area contributed by atoms with E-state index in [1.54, 1.807) is 6.26 Å². The second kappa shape index (κ2) is 5.65. The summed E-state index contributed by atoms with van der Waals surface area (Å²) in [5.74, 6) is -0.316. The molecule has 0 aliphatic rings. The molecule has 0 saturated heterocycles. The van der Waals surface area contributed by atoms with Gasteiger partial charge in [-0.1, -0.05) is 12.1 Å². The fraction of sp³-hybridized carbons (Fsp3) is 0.636. The minimum atomic E-state index is -0.316. The molecule has 1 aromatic heterocycles. The summed E-state index contributed by atoms with van der Waals surface area (Å²) in [4.78, 5) is 12.9. The summed E-state index contributed by atoms with van der Waals surface area (Å²) in [5.41, 5.74) is 7.18. The third-order valence-corrected chi connectivity index (χ3v) is 2.53. The molecular weight excluding hydrogens is 206 g/mol. The van der Waals surface area contributed by atoms with Crippen LogP contribution in [0.15, 0.2) is 10.8 Å². The lowest BCUT2D eigenvalue weighted by Gasteiger charge is -2.24. The standard InChI is InChI=1S/C11H19N3O2/c1-4-10-9(7-16-13-10)5-14(8(2)3)6-11(12)15/h7-8H,4-6H2,1-3H3,(H2,12,15). The predicted octanol–water partition coefficient (Wildman–Crippen LogP) is 0.933. The van der Waals surface area contributed by atoms with Crippen LogP contribution in [0, 0.1) is 0 Å². The number of hydrogen-bond acceptors (Lipinski definition) is 4. The van der Waals surface area contributed by atoms with Crippen molar-refractivity contribution in [2.24, 2.45) is 5.73 Å². The summed E-state index contributed by atoms with van der Waals surface area (Å²) in [7, 11) is 0. The largest absolute Gasteiger partial charge is 0.369 e. The number of rotatable bonds is 6. The molecule has 1 heterocycles. The Hall–Kier alpha value is -1.36. The van der Waals surface area contributed by atoms with Crippen LogP contribution in [-0.2, 0) is 17.8 Å². The van der Waals surface area contributed by atoms with E-state index >= 15 is 0 Å². The van der Waals surface area contributed by atoms with Gasteiger partial charge >= 0.3 is 0 Å².